The van der Waals surface area contributed by atoms with Gasteiger partial charge >= 0.3 is 5.97 Å². The second-order valence-electron chi connectivity index (χ2n) is 3.21. The third-order valence-corrected chi connectivity index (χ3v) is 1.93. The smallest absolute Gasteiger partial charge is 0.303 e. The molecule has 0 saturated carbocycles. The van der Waals surface area contributed by atoms with Crippen molar-refractivity contribution < 1.29 is 9.90 Å². The Kier molecular flexibility index (Phi) is 4.41. The summed E-state index contributed by atoms with van der Waals surface area (Å²) < 4.78 is 0. The molecular weight excluding hydrogens is 190 g/mol. The average molecular weight is 205 g/mol. The number of carboxylic acids is 1. The van der Waals surface area contributed by atoms with Crippen molar-refractivity contribution in [3.05, 3.63) is 36.5 Å². The first-order chi connectivity index (χ1) is 7.24. The summed E-state index contributed by atoms with van der Waals surface area (Å²) in [5, 5.41) is 9.19. The fraction of sp³-hybridized carbons (Fsp3) is 0.250. The Morgan fingerprint density at radius 1 is 1.33 bits per heavy atom. The lowest BCUT2D eigenvalue weighted by Crippen LogP contribution is -1.90. The van der Waals surface area contributed by atoms with Gasteiger partial charge in [0, 0.05) is 18.1 Å². The third-order valence-electron chi connectivity index (χ3n) is 1.93. The lowest BCUT2D eigenvalue weighted by atomic mass is 10.3. The molecular formula is C12H15NO2. The Labute approximate surface area is 88.7 Å². The van der Waals surface area contributed by atoms with Gasteiger partial charge in [-0.15, -0.1) is 0 Å². The third kappa shape index (κ3) is 3.85. The van der Waals surface area contributed by atoms with E-state index in [1.54, 1.807) is 0 Å². The molecule has 0 radical (unpaired) electrons. The van der Waals surface area contributed by atoms with Crippen LogP contribution in [0, 0.1) is 0 Å². The van der Waals surface area contributed by atoms with Crippen molar-refractivity contribution in [1.82, 2.24) is 4.98 Å². The molecule has 2 aromatic rings. The molecule has 1 aromatic heterocycles. The van der Waals surface area contributed by atoms with Crippen LogP contribution in [0.25, 0.3) is 10.9 Å². The van der Waals surface area contributed by atoms with E-state index in [0.29, 0.717) is 6.42 Å². The average Bonchev–Trinajstić information content (AvgIpc) is 2.65. The standard InChI is InChI=1S/C8H7N.C4H8O2/c1-2-4-8-7(3-1)5-6-9-8;1-2-3-4(5)6/h1-6,9H;2-3H2,1H3,(H,5,6). The number of fused-ring (bicyclic) bond motifs is 1. The molecule has 0 unspecified atom stereocenters. The highest BCUT2D eigenvalue weighted by Gasteiger charge is 1.87. The van der Waals surface area contributed by atoms with Gasteiger partial charge in [0.05, 0.1) is 0 Å². The van der Waals surface area contributed by atoms with E-state index in [1.807, 2.05) is 25.3 Å². The summed E-state index contributed by atoms with van der Waals surface area (Å²) >= 11 is 0. The molecule has 0 bridgehead atoms. The number of H-pyrrole nitrogens is 1. The number of benzene rings is 1. The van der Waals surface area contributed by atoms with Crippen molar-refractivity contribution in [2.45, 2.75) is 19.8 Å². The monoisotopic (exact) mass is 205 g/mol. The zero-order chi connectivity index (χ0) is 11.1. The minimum Gasteiger partial charge on any atom is -0.481 e. The van der Waals surface area contributed by atoms with Crippen LogP contribution in [-0.4, -0.2) is 16.1 Å². The SMILES string of the molecule is CCCC(=O)O.c1ccc2[nH]ccc2c1. The van der Waals surface area contributed by atoms with Crippen LogP contribution in [0.5, 0.6) is 0 Å². The van der Waals surface area contributed by atoms with Gasteiger partial charge in [0.1, 0.15) is 0 Å². The molecule has 0 atom stereocenters. The van der Waals surface area contributed by atoms with Crippen LogP contribution < -0.4 is 0 Å². The molecule has 1 aromatic carbocycles. The second-order valence-corrected chi connectivity index (χ2v) is 3.21. The molecule has 3 nitrogen and oxygen atoms in total. The summed E-state index contributed by atoms with van der Waals surface area (Å²) in [6, 6.07) is 10.3. The van der Waals surface area contributed by atoms with Gasteiger partial charge in [-0.3, -0.25) is 4.79 Å². The van der Waals surface area contributed by atoms with Crippen LogP contribution in [0.1, 0.15) is 19.8 Å². The van der Waals surface area contributed by atoms with Gasteiger partial charge in [0.2, 0.25) is 0 Å². The topological polar surface area (TPSA) is 53.1 Å². The number of hydrogen-bond acceptors (Lipinski definition) is 1. The number of aliphatic carboxylic acids is 1. The lowest BCUT2D eigenvalue weighted by Gasteiger charge is -1.83. The van der Waals surface area contributed by atoms with Crippen molar-refractivity contribution >= 4 is 16.9 Å². The van der Waals surface area contributed by atoms with E-state index < -0.39 is 5.97 Å². The Bertz CT molecular complexity index is 390. The molecule has 0 fully saturated rings. The first-order valence-electron chi connectivity index (χ1n) is 4.98. The molecule has 3 heteroatoms. The van der Waals surface area contributed by atoms with Crippen LogP contribution in [-0.2, 0) is 4.79 Å². The highest BCUT2D eigenvalue weighted by Crippen LogP contribution is 2.09. The summed E-state index contributed by atoms with van der Waals surface area (Å²) in [6.07, 6.45) is 2.97. The van der Waals surface area contributed by atoms with E-state index >= 15 is 0 Å². The van der Waals surface area contributed by atoms with E-state index in [4.69, 9.17) is 5.11 Å². The number of aromatic amines is 1. The van der Waals surface area contributed by atoms with Crippen LogP contribution in [0.4, 0.5) is 0 Å². The summed E-state index contributed by atoms with van der Waals surface area (Å²) in [5.74, 6) is -0.711. The molecule has 0 amide bonds. The highest BCUT2D eigenvalue weighted by molar-refractivity contribution is 5.78. The van der Waals surface area contributed by atoms with E-state index in [0.717, 1.165) is 6.42 Å². The maximum atomic E-state index is 9.60. The Balaban J connectivity index is 0.000000167. The summed E-state index contributed by atoms with van der Waals surface area (Å²) in [7, 11) is 0. The van der Waals surface area contributed by atoms with E-state index in [-0.39, 0.29) is 0 Å². The number of para-hydroxylation sites is 1. The van der Waals surface area contributed by atoms with Gasteiger partial charge in [-0.1, -0.05) is 25.1 Å². The van der Waals surface area contributed by atoms with Crippen LogP contribution >= 0.6 is 0 Å². The maximum Gasteiger partial charge on any atom is 0.303 e. The highest BCUT2D eigenvalue weighted by atomic mass is 16.4. The van der Waals surface area contributed by atoms with E-state index in [9.17, 15) is 4.79 Å². The zero-order valence-corrected chi connectivity index (χ0v) is 8.73. The predicted octanol–water partition coefficient (Wildman–Crippen LogP) is 3.04. The first-order valence-corrected chi connectivity index (χ1v) is 4.98. The minimum absolute atomic E-state index is 0.292. The molecule has 0 spiro atoms. The largest absolute Gasteiger partial charge is 0.481 e. The lowest BCUT2D eigenvalue weighted by molar-refractivity contribution is -0.137. The number of carbonyl (C=O) groups is 1. The molecule has 0 aliphatic rings. The van der Waals surface area contributed by atoms with Crippen molar-refractivity contribution in [2.75, 3.05) is 0 Å². The molecule has 0 aliphatic carbocycles. The van der Waals surface area contributed by atoms with Crippen molar-refractivity contribution in [2.24, 2.45) is 0 Å². The Hall–Kier alpha value is -1.77. The fourth-order valence-electron chi connectivity index (χ4n) is 1.21. The summed E-state index contributed by atoms with van der Waals surface area (Å²) in [6.45, 7) is 1.84. The van der Waals surface area contributed by atoms with Crippen LogP contribution in [0.15, 0.2) is 36.5 Å². The van der Waals surface area contributed by atoms with Crippen LogP contribution in [0.2, 0.25) is 0 Å². The second kappa shape index (κ2) is 5.86. The molecule has 2 N–H and O–H groups in total. The van der Waals surface area contributed by atoms with Gasteiger partial charge < -0.3 is 10.1 Å². The number of aromatic nitrogens is 1. The van der Waals surface area contributed by atoms with Crippen molar-refractivity contribution in [3.63, 3.8) is 0 Å². The number of hydrogen-bond donors (Lipinski definition) is 2. The van der Waals surface area contributed by atoms with E-state index in [1.165, 1.54) is 10.9 Å². The molecule has 0 saturated heterocycles. The summed E-state index contributed by atoms with van der Waals surface area (Å²) in [5.41, 5.74) is 1.21. The number of carboxylic acid groups (broad SMARTS) is 1. The van der Waals surface area contributed by atoms with Gasteiger partial charge in [-0.2, -0.15) is 0 Å². The van der Waals surface area contributed by atoms with Gasteiger partial charge in [-0.25, -0.2) is 0 Å². The quantitative estimate of drug-likeness (QED) is 0.791. The molecule has 2 rings (SSSR count). The zero-order valence-electron chi connectivity index (χ0n) is 8.73. The molecule has 80 valence electrons. The van der Waals surface area contributed by atoms with Crippen molar-refractivity contribution in [3.8, 4) is 0 Å². The number of nitrogens with one attached hydrogen (secondary N) is 1. The molecule has 1 heterocycles. The fourth-order valence-corrected chi connectivity index (χ4v) is 1.21. The van der Waals surface area contributed by atoms with Gasteiger partial charge in [0.25, 0.3) is 0 Å². The molecule has 0 aliphatic heterocycles. The van der Waals surface area contributed by atoms with E-state index in [2.05, 4.69) is 23.2 Å². The number of rotatable bonds is 2. The van der Waals surface area contributed by atoms with Crippen molar-refractivity contribution in [1.29, 1.82) is 0 Å². The summed E-state index contributed by atoms with van der Waals surface area (Å²) in [4.78, 5) is 12.7. The minimum atomic E-state index is -0.711. The maximum absolute atomic E-state index is 9.60. The van der Waals surface area contributed by atoms with Crippen LogP contribution in [0.3, 0.4) is 0 Å². The Morgan fingerprint density at radius 3 is 2.60 bits per heavy atom. The first kappa shape index (κ1) is 11.3. The normalized spacial score (nSPS) is 9.40. The van der Waals surface area contributed by atoms with Gasteiger partial charge in [0.15, 0.2) is 0 Å². The van der Waals surface area contributed by atoms with Gasteiger partial charge in [-0.05, 0) is 23.9 Å². The molecule has 15 heavy (non-hydrogen) atoms. The Morgan fingerprint density at radius 2 is 2.07 bits per heavy atom. The predicted molar refractivity (Wildman–Crippen MR) is 60.8 cm³/mol.